The second kappa shape index (κ2) is 4.88. The van der Waals surface area contributed by atoms with Gasteiger partial charge >= 0.3 is 0 Å². The number of allylic oxidation sites excluding steroid dienone is 4. The maximum atomic E-state index is 12.8. The van der Waals surface area contributed by atoms with Crippen molar-refractivity contribution in [3.63, 3.8) is 0 Å². The topological polar surface area (TPSA) is 87.0 Å². The van der Waals surface area contributed by atoms with Gasteiger partial charge in [-0.15, -0.1) is 0 Å². The first kappa shape index (κ1) is 16.2. The van der Waals surface area contributed by atoms with E-state index in [4.69, 9.17) is 4.74 Å². The Bertz CT molecular complexity index is 892. The molecule has 132 valence electrons. The molecule has 3 atom stereocenters. The number of phenolic OH excluding ortho intramolecular Hbond substituents is 2. The van der Waals surface area contributed by atoms with Gasteiger partial charge in [0.25, 0.3) is 0 Å². The molecule has 0 amide bonds. The predicted molar refractivity (Wildman–Crippen MR) is 92.2 cm³/mol. The van der Waals surface area contributed by atoms with Crippen LogP contribution in [0.2, 0.25) is 0 Å². The van der Waals surface area contributed by atoms with E-state index in [9.17, 15) is 20.1 Å². The van der Waals surface area contributed by atoms with Crippen LogP contribution < -0.4 is 4.74 Å². The van der Waals surface area contributed by atoms with Gasteiger partial charge in [-0.3, -0.25) is 4.79 Å². The molecule has 0 unspecified atom stereocenters. The molecule has 5 nitrogen and oxygen atoms in total. The van der Waals surface area contributed by atoms with Crippen LogP contribution in [0.1, 0.15) is 68.1 Å². The van der Waals surface area contributed by atoms with Crippen LogP contribution in [0.5, 0.6) is 17.2 Å². The highest BCUT2D eigenvalue weighted by Gasteiger charge is 2.48. The molecule has 3 aliphatic rings. The van der Waals surface area contributed by atoms with Gasteiger partial charge in [-0.1, -0.05) is 12.5 Å². The molecule has 3 N–H and O–H groups in total. The van der Waals surface area contributed by atoms with Gasteiger partial charge in [-0.2, -0.15) is 0 Å². The standard InChI is InChI=1S/C20H22O5/c1-8-5-6-20(4)11(9(8)2)7-12(21)13-15(20)18(24)19-14(17(13)23)16(22)10(3)25-19/h7,10,16,22-24H,5-6H2,1-4H3/t10-,16-,20-/m0/s1. The third-order valence-corrected chi connectivity index (χ3v) is 6.19. The normalized spacial score (nSPS) is 30.4. The number of benzene rings is 1. The van der Waals surface area contributed by atoms with E-state index in [1.807, 2.05) is 13.8 Å². The summed E-state index contributed by atoms with van der Waals surface area (Å²) in [5.41, 5.74) is 3.20. The Labute approximate surface area is 146 Å². The van der Waals surface area contributed by atoms with Gasteiger partial charge in [0, 0.05) is 11.0 Å². The number of aliphatic hydroxyl groups excluding tert-OH is 1. The number of aromatic hydroxyl groups is 2. The second-order valence-corrected chi connectivity index (χ2v) is 7.62. The van der Waals surface area contributed by atoms with Crippen molar-refractivity contribution < 1.29 is 24.9 Å². The van der Waals surface area contributed by atoms with Gasteiger partial charge in [-0.25, -0.2) is 0 Å². The Balaban J connectivity index is 2.07. The number of carbonyl (C=O) groups excluding carboxylic acids is 1. The third-order valence-electron chi connectivity index (χ3n) is 6.19. The van der Waals surface area contributed by atoms with Gasteiger partial charge in [0.1, 0.15) is 18.0 Å². The van der Waals surface area contributed by atoms with Crippen molar-refractivity contribution in [2.45, 2.75) is 58.2 Å². The van der Waals surface area contributed by atoms with E-state index in [1.54, 1.807) is 13.0 Å². The average molecular weight is 342 g/mol. The lowest BCUT2D eigenvalue weighted by atomic mass is 9.61. The summed E-state index contributed by atoms with van der Waals surface area (Å²) in [5, 5.41) is 32.0. The maximum absolute atomic E-state index is 12.8. The Morgan fingerprint density at radius 1 is 1.24 bits per heavy atom. The number of hydrogen-bond donors (Lipinski definition) is 3. The molecule has 0 aromatic heterocycles. The molecule has 0 bridgehead atoms. The number of aliphatic hydroxyl groups is 1. The first-order valence-electron chi connectivity index (χ1n) is 8.58. The van der Waals surface area contributed by atoms with Crippen LogP contribution in [0.15, 0.2) is 22.8 Å². The van der Waals surface area contributed by atoms with Gasteiger partial charge in [0.15, 0.2) is 17.3 Å². The summed E-state index contributed by atoms with van der Waals surface area (Å²) in [6.07, 6.45) is 1.47. The van der Waals surface area contributed by atoms with Crippen molar-refractivity contribution in [1.82, 2.24) is 0 Å². The molecule has 0 spiro atoms. The molecule has 0 saturated heterocycles. The van der Waals surface area contributed by atoms with Crippen molar-refractivity contribution in [3.8, 4) is 17.2 Å². The quantitative estimate of drug-likeness (QED) is 0.629. The maximum Gasteiger partial charge on any atom is 0.190 e. The van der Waals surface area contributed by atoms with Crippen LogP contribution in [-0.2, 0) is 5.41 Å². The minimum absolute atomic E-state index is 0.0894. The SMILES string of the molecule is CC1=C(C)C2=CC(=O)c3c(O)c4c(c(O)c3[C@@]2(C)CC1)O[C@@H](C)[C@@H]4O. The van der Waals surface area contributed by atoms with Crippen LogP contribution >= 0.6 is 0 Å². The average Bonchev–Trinajstić information content (AvgIpc) is 2.86. The second-order valence-electron chi connectivity index (χ2n) is 7.62. The Morgan fingerprint density at radius 2 is 1.92 bits per heavy atom. The van der Waals surface area contributed by atoms with Crippen molar-refractivity contribution >= 4 is 5.78 Å². The van der Waals surface area contributed by atoms with Crippen molar-refractivity contribution in [3.05, 3.63) is 39.5 Å². The van der Waals surface area contributed by atoms with Gasteiger partial charge < -0.3 is 20.1 Å². The highest BCUT2D eigenvalue weighted by molar-refractivity contribution is 6.12. The van der Waals surface area contributed by atoms with Gasteiger partial charge in [0.05, 0.1) is 11.1 Å². The number of ketones is 1. The van der Waals surface area contributed by atoms with Crippen molar-refractivity contribution in [1.29, 1.82) is 0 Å². The highest BCUT2D eigenvalue weighted by Crippen LogP contribution is 2.59. The van der Waals surface area contributed by atoms with E-state index >= 15 is 0 Å². The highest BCUT2D eigenvalue weighted by atomic mass is 16.5. The molecule has 1 heterocycles. The van der Waals surface area contributed by atoms with Crippen LogP contribution in [0.4, 0.5) is 0 Å². The molecule has 1 aliphatic heterocycles. The van der Waals surface area contributed by atoms with E-state index in [-0.39, 0.29) is 34.2 Å². The molecule has 5 heteroatoms. The van der Waals surface area contributed by atoms with Gasteiger partial charge in [0.2, 0.25) is 0 Å². The molecule has 0 saturated carbocycles. The van der Waals surface area contributed by atoms with E-state index in [1.165, 1.54) is 5.57 Å². The fourth-order valence-electron chi connectivity index (χ4n) is 4.51. The zero-order chi connectivity index (χ0) is 18.3. The lowest BCUT2D eigenvalue weighted by Crippen LogP contribution is -2.34. The minimum atomic E-state index is -1.08. The fraction of sp³-hybridized carbons (Fsp3) is 0.450. The monoisotopic (exact) mass is 342 g/mol. The summed E-state index contributed by atoms with van der Waals surface area (Å²) in [7, 11) is 0. The predicted octanol–water partition coefficient (Wildman–Crippen LogP) is 3.42. The molecule has 1 aromatic rings. The molecule has 1 aromatic carbocycles. The zero-order valence-electron chi connectivity index (χ0n) is 14.8. The lowest BCUT2D eigenvalue weighted by molar-refractivity contribution is 0.0776. The van der Waals surface area contributed by atoms with E-state index in [2.05, 4.69) is 6.92 Å². The van der Waals surface area contributed by atoms with E-state index < -0.39 is 17.6 Å². The molecule has 25 heavy (non-hydrogen) atoms. The smallest absolute Gasteiger partial charge is 0.190 e. The zero-order valence-corrected chi connectivity index (χ0v) is 14.8. The Hall–Kier alpha value is -2.27. The summed E-state index contributed by atoms with van der Waals surface area (Å²) in [4.78, 5) is 12.8. The molecule has 2 aliphatic carbocycles. The van der Waals surface area contributed by atoms with Crippen LogP contribution in [0, 0.1) is 0 Å². The number of rotatable bonds is 0. The summed E-state index contributed by atoms with van der Waals surface area (Å²) in [5.74, 6) is -0.667. The first-order chi connectivity index (χ1) is 11.7. The first-order valence-corrected chi connectivity index (χ1v) is 8.58. The molecular weight excluding hydrogens is 320 g/mol. The van der Waals surface area contributed by atoms with E-state index in [0.717, 1.165) is 24.0 Å². The summed E-state index contributed by atoms with van der Waals surface area (Å²) >= 11 is 0. The summed E-state index contributed by atoms with van der Waals surface area (Å²) < 4.78 is 5.60. The Morgan fingerprint density at radius 3 is 2.60 bits per heavy atom. The van der Waals surface area contributed by atoms with Gasteiger partial charge in [-0.05, 0) is 50.8 Å². The molecule has 0 radical (unpaired) electrons. The molecular formula is C20H22O5. The molecule has 4 rings (SSSR count). The van der Waals surface area contributed by atoms with Crippen molar-refractivity contribution in [2.24, 2.45) is 0 Å². The van der Waals surface area contributed by atoms with E-state index in [0.29, 0.717) is 5.56 Å². The number of ether oxygens (including phenoxy) is 1. The third kappa shape index (κ3) is 1.84. The fourth-order valence-corrected chi connectivity index (χ4v) is 4.51. The van der Waals surface area contributed by atoms with Crippen LogP contribution in [0.3, 0.4) is 0 Å². The summed E-state index contributed by atoms with van der Waals surface area (Å²) in [6.45, 7) is 7.69. The number of hydrogen-bond acceptors (Lipinski definition) is 5. The largest absolute Gasteiger partial charge is 0.507 e. The Kier molecular flexibility index (Phi) is 3.17. The lowest BCUT2D eigenvalue weighted by Gasteiger charge is -2.42. The number of carbonyl (C=O) groups is 1. The number of fused-ring (bicyclic) bond motifs is 4. The minimum Gasteiger partial charge on any atom is -0.507 e. The van der Waals surface area contributed by atoms with Crippen molar-refractivity contribution in [2.75, 3.05) is 0 Å². The van der Waals surface area contributed by atoms with Crippen LogP contribution in [-0.4, -0.2) is 27.2 Å². The molecule has 0 fully saturated rings. The number of phenols is 2. The van der Waals surface area contributed by atoms with Crippen LogP contribution in [0.25, 0.3) is 0 Å². The summed E-state index contributed by atoms with van der Waals surface area (Å²) in [6, 6.07) is 0.